The summed E-state index contributed by atoms with van der Waals surface area (Å²) in [6.07, 6.45) is -9.28. The first kappa shape index (κ1) is 15.9. The molecular weight excluding hydrogens is 293 g/mol. The summed E-state index contributed by atoms with van der Waals surface area (Å²) in [5, 5.41) is 9.37. The molecule has 5 nitrogen and oxygen atoms in total. The van der Waals surface area contributed by atoms with E-state index < -0.39 is 48.1 Å². The van der Waals surface area contributed by atoms with Gasteiger partial charge in [-0.05, 0) is 6.07 Å². The van der Waals surface area contributed by atoms with Crippen LogP contribution in [0.5, 0.6) is 11.6 Å². The molecular formula is C10H8F5NO4. The molecule has 0 aliphatic heterocycles. The standard InChI is InChI=1S/C10H8F5NO4/c1-19-7(18)3-5-6(17)2-4(8(11)12)9(16-5)20-10(13,14)15/h2,8,17H,3H2,1H3. The summed E-state index contributed by atoms with van der Waals surface area (Å²) < 4.78 is 68.9. The number of carbonyl (C=O) groups excluding carboxylic acids is 1. The first-order valence-corrected chi connectivity index (χ1v) is 4.97. The lowest BCUT2D eigenvalue weighted by Gasteiger charge is -2.14. The zero-order valence-electron chi connectivity index (χ0n) is 9.87. The highest BCUT2D eigenvalue weighted by Gasteiger charge is 2.35. The van der Waals surface area contributed by atoms with Crippen LogP contribution in [0.4, 0.5) is 22.0 Å². The highest BCUT2D eigenvalue weighted by Crippen LogP contribution is 2.35. The van der Waals surface area contributed by atoms with Crippen LogP contribution in [0.2, 0.25) is 0 Å². The Balaban J connectivity index is 3.23. The van der Waals surface area contributed by atoms with Gasteiger partial charge in [0.1, 0.15) is 5.75 Å². The Kier molecular flexibility index (Phi) is 4.69. The molecule has 0 unspecified atom stereocenters. The number of esters is 1. The Morgan fingerprint density at radius 2 is 2.05 bits per heavy atom. The van der Waals surface area contributed by atoms with Gasteiger partial charge in [0.25, 0.3) is 6.43 Å². The van der Waals surface area contributed by atoms with E-state index in [9.17, 15) is 31.9 Å². The van der Waals surface area contributed by atoms with Crippen molar-refractivity contribution in [3.63, 3.8) is 0 Å². The molecule has 1 heterocycles. The number of aromatic nitrogens is 1. The lowest BCUT2D eigenvalue weighted by atomic mass is 10.2. The molecule has 0 spiro atoms. The van der Waals surface area contributed by atoms with Crippen LogP contribution in [-0.4, -0.2) is 29.5 Å². The molecule has 1 aromatic rings. The van der Waals surface area contributed by atoms with E-state index in [1.165, 1.54) is 0 Å². The fraction of sp³-hybridized carbons (Fsp3) is 0.400. The van der Waals surface area contributed by atoms with Crippen molar-refractivity contribution in [2.75, 3.05) is 7.11 Å². The van der Waals surface area contributed by atoms with Gasteiger partial charge in [0.2, 0.25) is 5.88 Å². The predicted octanol–water partition coefficient (Wildman–Crippen LogP) is 2.34. The lowest BCUT2D eigenvalue weighted by molar-refractivity contribution is -0.276. The molecule has 0 amide bonds. The molecule has 0 aliphatic rings. The summed E-state index contributed by atoms with van der Waals surface area (Å²) in [4.78, 5) is 14.1. The van der Waals surface area contributed by atoms with E-state index in [2.05, 4.69) is 14.5 Å². The first-order chi connectivity index (χ1) is 9.14. The van der Waals surface area contributed by atoms with Crippen molar-refractivity contribution >= 4 is 5.97 Å². The van der Waals surface area contributed by atoms with Gasteiger partial charge in [-0.25, -0.2) is 13.8 Å². The van der Waals surface area contributed by atoms with Crippen molar-refractivity contribution in [2.24, 2.45) is 0 Å². The summed E-state index contributed by atoms with van der Waals surface area (Å²) >= 11 is 0. The Morgan fingerprint density at radius 3 is 2.50 bits per heavy atom. The fourth-order valence-corrected chi connectivity index (χ4v) is 1.22. The molecule has 10 heteroatoms. The quantitative estimate of drug-likeness (QED) is 0.683. The van der Waals surface area contributed by atoms with E-state index in [-0.39, 0.29) is 0 Å². The minimum absolute atomic E-state index is 0.358. The number of hydrogen-bond donors (Lipinski definition) is 1. The molecule has 0 aliphatic carbocycles. The predicted molar refractivity (Wildman–Crippen MR) is 53.3 cm³/mol. The number of nitrogens with zero attached hydrogens (tertiary/aromatic N) is 1. The molecule has 0 saturated heterocycles. The zero-order chi connectivity index (χ0) is 15.5. The van der Waals surface area contributed by atoms with Crippen LogP contribution in [0.3, 0.4) is 0 Å². The number of halogens is 5. The van der Waals surface area contributed by atoms with Gasteiger partial charge in [0, 0.05) is 0 Å². The summed E-state index contributed by atoms with van der Waals surface area (Å²) in [7, 11) is 1.00. The molecule has 1 N–H and O–H groups in total. The SMILES string of the molecule is COC(=O)Cc1nc(OC(F)(F)F)c(C(F)F)cc1O. The molecule has 0 atom stereocenters. The largest absolute Gasteiger partial charge is 0.574 e. The molecule has 1 rings (SSSR count). The monoisotopic (exact) mass is 301 g/mol. The topological polar surface area (TPSA) is 68.7 Å². The Bertz CT molecular complexity index is 503. The van der Waals surface area contributed by atoms with Crippen LogP contribution in [-0.2, 0) is 16.0 Å². The lowest BCUT2D eigenvalue weighted by Crippen LogP contribution is -2.20. The number of aromatic hydroxyl groups is 1. The third-order valence-electron chi connectivity index (χ3n) is 2.06. The number of carbonyl (C=O) groups is 1. The van der Waals surface area contributed by atoms with E-state index in [4.69, 9.17) is 0 Å². The van der Waals surface area contributed by atoms with Gasteiger partial charge in [0.05, 0.1) is 24.8 Å². The summed E-state index contributed by atoms with van der Waals surface area (Å²) in [5.41, 5.74) is -1.81. The summed E-state index contributed by atoms with van der Waals surface area (Å²) in [6.45, 7) is 0. The maximum atomic E-state index is 12.6. The molecule has 20 heavy (non-hydrogen) atoms. The van der Waals surface area contributed by atoms with Crippen LogP contribution in [0.25, 0.3) is 0 Å². The number of hydrogen-bond acceptors (Lipinski definition) is 5. The molecule has 0 bridgehead atoms. The van der Waals surface area contributed by atoms with Crippen LogP contribution in [0.15, 0.2) is 6.07 Å². The summed E-state index contributed by atoms with van der Waals surface area (Å²) in [5.74, 6) is -3.21. The summed E-state index contributed by atoms with van der Waals surface area (Å²) in [6, 6.07) is 0.358. The second-order valence-corrected chi connectivity index (χ2v) is 3.45. The van der Waals surface area contributed by atoms with Crippen molar-refractivity contribution in [3.05, 3.63) is 17.3 Å². The van der Waals surface area contributed by atoms with Crippen LogP contribution in [0, 0.1) is 0 Å². The Morgan fingerprint density at radius 1 is 1.45 bits per heavy atom. The van der Waals surface area contributed by atoms with Crippen molar-refractivity contribution in [3.8, 4) is 11.6 Å². The fourth-order valence-electron chi connectivity index (χ4n) is 1.22. The van der Waals surface area contributed by atoms with Crippen molar-refractivity contribution in [1.82, 2.24) is 4.98 Å². The number of methoxy groups -OCH3 is 1. The molecule has 112 valence electrons. The number of alkyl halides is 5. The minimum Gasteiger partial charge on any atom is -0.506 e. The second kappa shape index (κ2) is 5.88. The van der Waals surface area contributed by atoms with E-state index >= 15 is 0 Å². The second-order valence-electron chi connectivity index (χ2n) is 3.45. The van der Waals surface area contributed by atoms with Crippen molar-refractivity contribution in [2.45, 2.75) is 19.2 Å². The third kappa shape index (κ3) is 4.21. The molecule has 0 fully saturated rings. The van der Waals surface area contributed by atoms with Crippen LogP contribution >= 0.6 is 0 Å². The van der Waals surface area contributed by atoms with Gasteiger partial charge in [-0.2, -0.15) is 0 Å². The average molecular weight is 301 g/mol. The maximum absolute atomic E-state index is 12.6. The highest BCUT2D eigenvalue weighted by atomic mass is 19.4. The van der Waals surface area contributed by atoms with Crippen molar-refractivity contribution in [1.29, 1.82) is 0 Å². The van der Waals surface area contributed by atoms with E-state index in [1.54, 1.807) is 0 Å². The molecule has 0 saturated carbocycles. The average Bonchev–Trinajstić information content (AvgIpc) is 2.30. The third-order valence-corrected chi connectivity index (χ3v) is 2.06. The highest BCUT2D eigenvalue weighted by molar-refractivity contribution is 5.72. The Labute approximate surface area is 108 Å². The van der Waals surface area contributed by atoms with E-state index in [0.717, 1.165) is 7.11 Å². The number of pyridine rings is 1. The molecule has 0 aromatic carbocycles. The van der Waals surface area contributed by atoms with Crippen LogP contribution in [0.1, 0.15) is 17.7 Å². The number of ether oxygens (including phenoxy) is 2. The molecule has 1 aromatic heterocycles. The Hall–Kier alpha value is -2.13. The minimum atomic E-state index is -5.24. The van der Waals surface area contributed by atoms with Gasteiger partial charge >= 0.3 is 12.3 Å². The van der Waals surface area contributed by atoms with Gasteiger partial charge in [-0.3, -0.25) is 4.79 Å². The van der Waals surface area contributed by atoms with E-state index in [0.29, 0.717) is 6.07 Å². The van der Waals surface area contributed by atoms with Crippen LogP contribution < -0.4 is 4.74 Å². The smallest absolute Gasteiger partial charge is 0.506 e. The van der Waals surface area contributed by atoms with Crippen molar-refractivity contribution < 1.29 is 41.3 Å². The normalized spacial score (nSPS) is 11.6. The van der Waals surface area contributed by atoms with Gasteiger partial charge in [-0.1, -0.05) is 0 Å². The van der Waals surface area contributed by atoms with Gasteiger partial charge < -0.3 is 14.6 Å². The van der Waals surface area contributed by atoms with E-state index in [1.807, 2.05) is 0 Å². The van der Waals surface area contributed by atoms with Gasteiger partial charge in [-0.15, -0.1) is 13.2 Å². The zero-order valence-corrected chi connectivity index (χ0v) is 9.87. The van der Waals surface area contributed by atoms with Gasteiger partial charge in [0.15, 0.2) is 0 Å². The number of rotatable bonds is 4. The first-order valence-electron chi connectivity index (χ1n) is 4.97. The molecule has 0 radical (unpaired) electrons. The maximum Gasteiger partial charge on any atom is 0.574 e.